The van der Waals surface area contributed by atoms with E-state index in [0.717, 1.165) is 12.1 Å². The highest BCUT2D eigenvalue weighted by Crippen LogP contribution is 2.21. The fraction of sp³-hybridized carbons (Fsp3) is 0.0909. The largest absolute Gasteiger partial charge is 0.431 e. The zero-order valence-corrected chi connectivity index (χ0v) is 8.85. The van der Waals surface area contributed by atoms with Gasteiger partial charge in [-0.25, -0.2) is 13.8 Å². The van der Waals surface area contributed by atoms with Gasteiger partial charge in [0.05, 0.1) is 0 Å². The Hall–Kier alpha value is -2.24. The van der Waals surface area contributed by atoms with Crippen LogP contribution in [0.15, 0.2) is 35.4 Å². The molecular weight excluding hydrogens is 230 g/mol. The number of halogens is 2. The third-order valence-corrected chi connectivity index (χ3v) is 2.09. The van der Waals surface area contributed by atoms with Crippen molar-refractivity contribution < 1.29 is 13.5 Å². The molecule has 88 valence electrons. The van der Waals surface area contributed by atoms with Gasteiger partial charge in [-0.3, -0.25) is 4.79 Å². The monoisotopic (exact) mass is 238 g/mol. The molecule has 0 unspecified atom stereocenters. The molecule has 0 aliphatic carbocycles. The second kappa shape index (κ2) is 4.32. The van der Waals surface area contributed by atoms with Crippen molar-refractivity contribution in [1.29, 1.82) is 0 Å². The van der Waals surface area contributed by atoms with Crippen molar-refractivity contribution in [2.45, 2.75) is 0 Å². The van der Waals surface area contributed by atoms with Crippen molar-refractivity contribution in [2.24, 2.45) is 7.05 Å². The Balaban J connectivity index is 2.38. The van der Waals surface area contributed by atoms with E-state index in [1.54, 1.807) is 0 Å². The third-order valence-electron chi connectivity index (χ3n) is 2.09. The van der Waals surface area contributed by atoms with E-state index in [0.29, 0.717) is 6.07 Å². The van der Waals surface area contributed by atoms with Gasteiger partial charge >= 0.3 is 5.56 Å². The highest BCUT2D eigenvalue weighted by Gasteiger charge is 2.10. The van der Waals surface area contributed by atoms with E-state index >= 15 is 0 Å². The molecule has 0 aliphatic heterocycles. The lowest BCUT2D eigenvalue weighted by molar-refractivity contribution is 0.413. The first-order valence-electron chi connectivity index (χ1n) is 4.72. The molecular formula is C11H8F2N2O2. The Morgan fingerprint density at radius 1 is 1.35 bits per heavy atom. The van der Waals surface area contributed by atoms with E-state index in [1.807, 2.05) is 0 Å². The molecule has 6 heteroatoms. The summed E-state index contributed by atoms with van der Waals surface area (Å²) in [6.07, 6.45) is 2.79. The Morgan fingerprint density at radius 2 is 2.12 bits per heavy atom. The topological polar surface area (TPSA) is 44.1 Å². The van der Waals surface area contributed by atoms with Crippen molar-refractivity contribution in [2.75, 3.05) is 0 Å². The molecule has 0 atom stereocenters. The molecule has 0 radical (unpaired) electrons. The summed E-state index contributed by atoms with van der Waals surface area (Å²) in [7, 11) is 1.51. The van der Waals surface area contributed by atoms with Crippen molar-refractivity contribution in [3.8, 4) is 11.6 Å². The average molecular weight is 238 g/mol. The quantitative estimate of drug-likeness (QED) is 0.802. The predicted molar refractivity (Wildman–Crippen MR) is 55.9 cm³/mol. The van der Waals surface area contributed by atoms with Crippen LogP contribution in [0.3, 0.4) is 0 Å². The maximum Gasteiger partial charge on any atom is 0.313 e. The highest BCUT2D eigenvalue weighted by molar-refractivity contribution is 5.28. The molecule has 0 aliphatic rings. The molecule has 2 aromatic rings. The molecule has 4 nitrogen and oxygen atoms in total. The van der Waals surface area contributed by atoms with Gasteiger partial charge in [0, 0.05) is 25.5 Å². The van der Waals surface area contributed by atoms with Gasteiger partial charge in [0.2, 0.25) is 0 Å². The van der Waals surface area contributed by atoms with Gasteiger partial charge in [-0.2, -0.15) is 0 Å². The molecule has 0 fully saturated rings. The minimum absolute atomic E-state index is 0.248. The highest BCUT2D eigenvalue weighted by atomic mass is 19.1. The maximum absolute atomic E-state index is 13.3. The van der Waals surface area contributed by atoms with E-state index in [2.05, 4.69) is 4.98 Å². The van der Waals surface area contributed by atoms with Gasteiger partial charge < -0.3 is 9.30 Å². The van der Waals surface area contributed by atoms with E-state index in [1.165, 1.54) is 24.0 Å². The predicted octanol–water partition coefficient (Wildman–Crippen LogP) is 1.85. The lowest BCUT2D eigenvalue weighted by atomic mass is 10.3. The zero-order chi connectivity index (χ0) is 12.4. The van der Waals surface area contributed by atoms with Crippen LogP contribution < -0.4 is 10.3 Å². The SMILES string of the molecule is Cn1ccnc(Oc2ccc(F)cc2F)c1=O. The van der Waals surface area contributed by atoms with Crippen LogP contribution in [0.5, 0.6) is 11.6 Å². The zero-order valence-electron chi connectivity index (χ0n) is 8.85. The summed E-state index contributed by atoms with van der Waals surface area (Å²) < 4.78 is 32.1. The number of nitrogens with zero attached hydrogens (tertiary/aromatic N) is 2. The van der Waals surface area contributed by atoms with E-state index in [9.17, 15) is 13.6 Å². The maximum atomic E-state index is 13.3. The van der Waals surface area contributed by atoms with Gasteiger partial charge in [0.25, 0.3) is 5.88 Å². The number of benzene rings is 1. The summed E-state index contributed by atoms with van der Waals surface area (Å²) in [6.45, 7) is 0. The second-order valence-corrected chi connectivity index (χ2v) is 3.33. The molecule has 0 saturated heterocycles. The normalized spacial score (nSPS) is 10.3. The smallest absolute Gasteiger partial charge is 0.313 e. The Kier molecular flexibility index (Phi) is 2.86. The van der Waals surface area contributed by atoms with Crippen molar-refractivity contribution in [3.63, 3.8) is 0 Å². The lowest BCUT2D eigenvalue weighted by Gasteiger charge is -2.05. The van der Waals surface area contributed by atoms with Crippen molar-refractivity contribution in [1.82, 2.24) is 9.55 Å². The summed E-state index contributed by atoms with van der Waals surface area (Å²) >= 11 is 0. The number of hydrogen-bond acceptors (Lipinski definition) is 3. The standard InChI is InChI=1S/C11H8F2N2O2/c1-15-5-4-14-10(11(15)16)17-9-3-2-7(12)6-8(9)13/h2-6H,1H3. The Labute approximate surface area is 95.1 Å². The fourth-order valence-corrected chi connectivity index (χ4v) is 1.21. The fourth-order valence-electron chi connectivity index (χ4n) is 1.21. The summed E-state index contributed by atoms with van der Waals surface area (Å²) in [5.41, 5.74) is -0.503. The molecule has 2 rings (SSSR count). The minimum Gasteiger partial charge on any atom is -0.431 e. The van der Waals surface area contributed by atoms with Crippen LogP contribution in [0, 0.1) is 11.6 Å². The Morgan fingerprint density at radius 3 is 2.82 bits per heavy atom. The summed E-state index contributed by atoms with van der Waals surface area (Å²) in [4.78, 5) is 15.2. The number of ether oxygens (including phenoxy) is 1. The minimum atomic E-state index is -0.891. The van der Waals surface area contributed by atoms with Crippen LogP contribution in [0.25, 0.3) is 0 Å². The van der Waals surface area contributed by atoms with Gasteiger partial charge in [0.1, 0.15) is 5.82 Å². The van der Waals surface area contributed by atoms with Crippen LogP contribution in [0.4, 0.5) is 8.78 Å². The molecule has 0 bridgehead atoms. The lowest BCUT2D eigenvalue weighted by Crippen LogP contribution is -2.18. The molecule has 0 saturated carbocycles. The van der Waals surface area contributed by atoms with Crippen LogP contribution >= 0.6 is 0 Å². The van der Waals surface area contributed by atoms with Crippen LogP contribution in [-0.2, 0) is 7.05 Å². The van der Waals surface area contributed by atoms with Gasteiger partial charge in [-0.1, -0.05) is 0 Å². The molecule has 1 aromatic heterocycles. The van der Waals surface area contributed by atoms with Crippen LogP contribution in [0.2, 0.25) is 0 Å². The molecule has 17 heavy (non-hydrogen) atoms. The summed E-state index contributed by atoms with van der Waals surface area (Å²) in [5.74, 6) is -2.12. The third kappa shape index (κ3) is 2.30. The summed E-state index contributed by atoms with van der Waals surface area (Å²) in [6, 6.07) is 2.80. The first-order chi connectivity index (χ1) is 8.08. The van der Waals surface area contributed by atoms with Gasteiger partial charge in [-0.15, -0.1) is 0 Å². The van der Waals surface area contributed by atoms with E-state index < -0.39 is 17.2 Å². The summed E-state index contributed by atoms with van der Waals surface area (Å²) in [5, 5.41) is 0. The van der Waals surface area contributed by atoms with E-state index in [-0.39, 0.29) is 11.6 Å². The molecule has 1 aromatic carbocycles. The number of rotatable bonds is 2. The van der Waals surface area contributed by atoms with Crippen LogP contribution in [0.1, 0.15) is 0 Å². The molecule has 0 spiro atoms. The second-order valence-electron chi connectivity index (χ2n) is 3.33. The first-order valence-corrected chi connectivity index (χ1v) is 4.72. The van der Waals surface area contributed by atoms with Gasteiger partial charge in [0.15, 0.2) is 11.6 Å². The Bertz CT molecular complexity index is 611. The number of aryl methyl sites for hydroxylation is 1. The van der Waals surface area contributed by atoms with E-state index in [4.69, 9.17) is 4.74 Å². The van der Waals surface area contributed by atoms with Crippen molar-refractivity contribution in [3.05, 3.63) is 52.6 Å². The van der Waals surface area contributed by atoms with Crippen molar-refractivity contribution >= 4 is 0 Å². The molecule has 0 amide bonds. The first kappa shape index (κ1) is 11.3. The molecule has 0 N–H and O–H groups in total. The average Bonchev–Trinajstić information content (AvgIpc) is 2.28. The number of aromatic nitrogens is 2. The molecule has 1 heterocycles. The number of hydrogen-bond donors (Lipinski definition) is 0. The van der Waals surface area contributed by atoms with Crippen LogP contribution in [-0.4, -0.2) is 9.55 Å². The van der Waals surface area contributed by atoms with Gasteiger partial charge in [-0.05, 0) is 12.1 Å².